The highest BCUT2D eigenvalue weighted by molar-refractivity contribution is 9.10. The fourth-order valence-electron chi connectivity index (χ4n) is 2.68. The van der Waals surface area contributed by atoms with Crippen molar-refractivity contribution in [2.45, 2.75) is 0 Å². The van der Waals surface area contributed by atoms with E-state index in [1.165, 1.54) is 54.6 Å². The van der Waals surface area contributed by atoms with Crippen LogP contribution < -0.4 is 5.46 Å². The number of aromatic hydroxyl groups is 4. The number of phenolic OH excluding ortho intramolecular Hbond substituents is 4. The minimum Gasteiger partial charge on any atom is -0.577 e. The highest BCUT2D eigenvalue weighted by atomic mass is 79.9. The Balaban J connectivity index is 0.000000287. The van der Waals surface area contributed by atoms with E-state index in [-0.39, 0.29) is 59.5 Å². The standard InChI is InChI=1S/C12H8ClFO2.C6H5BClFO2.C6H5BrO2.H2P/c13-10-3-1-2-9(12(10)14)8-5-4-7(15)6-11(8)16;8-5-3-1-2-4(6(5)9)7(10)11;7-5-2-1-4(8)3-6(5)9;/h1-6,15-16H;1-3,10-11H;1-3,8-9H;1H2/q;;;-1. The van der Waals surface area contributed by atoms with E-state index >= 15 is 0 Å². The maximum atomic E-state index is 13.7. The van der Waals surface area contributed by atoms with Gasteiger partial charge in [-0.1, -0.05) is 47.5 Å². The summed E-state index contributed by atoms with van der Waals surface area (Å²) in [5.41, 5.74) is 0.278. The van der Waals surface area contributed by atoms with E-state index in [1.807, 2.05) is 0 Å². The predicted octanol–water partition coefficient (Wildman–Crippen LogP) is 5.90. The van der Waals surface area contributed by atoms with Gasteiger partial charge >= 0.3 is 7.12 Å². The van der Waals surface area contributed by atoms with E-state index in [0.29, 0.717) is 4.47 Å². The molecule has 0 saturated carbocycles. The molecule has 4 aromatic carbocycles. The molecule has 0 bridgehead atoms. The van der Waals surface area contributed by atoms with E-state index in [1.54, 1.807) is 12.1 Å². The molecular weight excluding hydrogens is 615 g/mol. The molecule has 4 rings (SSSR count). The van der Waals surface area contributed by atoms with Gasteiger partial charge in [-0.05, 0) is 52.3 Å². The van der Waals surface area contributed by atoms with Gasteiger partial charge in [-0.25, -0.2) is 8.78 Å². The van der Waals surface area contributed by atoms with E-state index in [4.69, 9.17) is 48.6 Å². The van der Waals surface area contributed by atoms with Crippen molar-refractivity contribution in [3.63, 3.8) is 0 Å². The molecule has 0 atom stereocenters. The molecule has 0 amide bonds. The predicted molar refractivity (Wildman–Crippen MR) is 149 cm³/mol. The average Bonchev–Trinajstić information content (AvgIpc) is 2.81. The third kappa shape index (κ3) is 9.34. The van der Waals surface area contributed by atoms with Crippen molar-refractivity contribution in [2.75, 3.05) is 0 Å². The quantitative estimate of drug-likeness (QED) is 0.121. The number of phenols is 4. The molecule has 0 aromatic heterocycles. The number of halogens is 5. The van der Waals surface area contributed by atoms with E-state index in [2.05, 4.69) is 15.9 Å². The lowest BCUT2D eigenvalue weighted by Crippen LogP contribution is -2.32. The van der Waals surface area contributed by atoms with Crippen molar-refractivity contribution in [3.05, 3.63) is 98.9 Å². The van der Waals surface area contributed by atoms with Gasteiger partial charge in [0.25, 0.3) is 0 Å². The van der Waals surface area contributed by atoms with Crippen molar-refractivity contribution < 1.29 is 39.3 Å². The molecule has 196 valence electrons. The molecule has 37 heavy (non-hydrogen) atoms. The Bertz CT molecular complexity index is 1350. The van der Waals surface area contributed by atoms with Gasteiger partial charge in [0.15, 0.2) is 0 Å². The Hall–Kier alpha value is -2.59. The van der Waals surface area contributed by atoms with Crippen molar-refractivity contribution in [1.29, 1.82) is 0 Å². The average molecular weight is 635 g/mol. The van der Waals surface area contributed by atoms with Gasteiger partial charge in [-0.2, -0.15) is 0 Å². The highest BCUT2D eigenvalue weighted by Gasteiger charge is 2.17. The lowest BCUT2D eigenvalue weighted by molar-refractivity contribution is 0.423. The molecule has 0 heterocycles. The van der Waals surface area contributed by atoms with Crippen LogP contribution in [-0.4, -0.2) is 37.6 Å². The normalized spacial score (nSPS) is 9.70. The molecule has 0 saturated heterocycles. The zero-order valence-electron chi connectivity index (χ0n) is 18.7. The van der Waals surface area contributed by atoms with Gasteiger partial charge in [0.1, 0.15) is 34.6 Å². The SMILES string of the molecule is OB(O)c1cccc(Cl)c1F.Oc1ccc(-c2cccc(Cl)c2F)c(O)c1.Oc1ccc(Br)c(O)c1.[PH2-]. The van der Waals surface area contributed by atoms with Crippen LogP contribution in [0.1, 0.15) is 0 Å². The second-order valence-electron chi connectivity index (χ2n) is 6.96. The van der Waals surface area contributed by atoms with Gasteiger partial charge in [0, 0.05) is 28.7 Å². The van der Waals surface area contributed by atoms with Gasteiger partial charge in [0.05, 0.1) is 14.5 Å². The Morgan fingerprint density at radius 1 is 0.649 bits per heavy atom. The van der Waals surface area contributed by atoms with Gasteiger partial charge in [-0.15, -0.1) is 0 Å². The summed E-state index contributed by atoms with van der Waals surface area (Å²) in [6, 6.07) is 16.8. The van der Waals surface area contributed by atoms with Crippen molar-refractivity contribution in [3.8, 4) is 34.1 Å². The summed E-state index contributed by atoms with van der Waals surface area (Å²) >= 11 is 14.1. The summed E-state index contributed by atoms with van der Waals surface area (Å²) < 4.78 is 27.0. The zero-order valence-corrected chi connectivity index (χ0v) is 22.9. The summed E-state index contributed by atoms with van der Waals surface area (Å²) in [5, 5.41) is 53.4. The first-order chi connectivity index (χ1) is 16.9. The third-order valence-corrected chi connectivity index (χ3v) is 5.67. The van der Waals surface area contributed by atoms with Crippen molar-refractivity contribution in [1.82, 2.24) is 0 Å². The second-order valence-corrected chi connectivity index (χ2v) is 8.62. The van der Waals surface area contributed by atoms with Gasteiger partial charge in [0.2, 0.25) is 0 Å². The van der Waals surface area contributed by atoms with Crippen LogP contribution >= 0.6 is 49.0 Å². The lowest BCUT2D eigenvalue weighted by atomic mass is 9.80. The Morgan fingerprint density at radius 2 is 1.16 bits per heavy atom. The largest absolute Gasteiger partial charge is 0.577 e. The fraction of sp³-hybridized carbons (Fsp3) is 0. The molecule has 0 spiro atoms. The number of hydrogen-bond donors (Lipinski definition) is 6. The van der Waals surface area contributed by atoms with E-state index < -0.39 is 18.8 Å². The molecule has 4 aromatic rings. The van der Waals surface area contributed by atoms with Crippen LogP contribution in [0.3, 0.4) is 0 Å². The van der Waals surface area contributed by atoms with E-state index in [9.17, 15) is 13.9 Å². The topological polar surface area (TPSA) is 121 Å². The van der Waals surface area contributed by atoms with Crippen LogP contribution in [0, 0.1) is 11.6 Å². The first kappa shape index (κ1) is 32.4. The monoisotopic (exact) mass is 633 g/mol. The summed E-state index contributed by atoms with van der Waals surface area (Å²) in [7, 11) is -1.81. The lowest BCUT2D eigenvalue weighted by Gasteiger charge is -2.07. The van der Waals surface area contributed by atoms with Crippen LogP contribution in [0.25, 0.3) is 11.1 Å². The van der Waals surface area contributed by atoms with Crippen molar-refractivity contribution >= 4 is 61.6 Å². The van der Waals surface area contributed by atoms with Crippen LogP contribution in [0.5, 0.6) is 23.0 Å². The molecule has 6 N–H and O–H groups in total. The van der Waals surface area contributed by atoms with Crippen LogP contribution in [-0.2, 0) is 0 Å². The summed E-state index contributed by atoms with van der Waals surface area (Å²) in [5.74, 6) is -1.54. The summed E-state index contributed by atoms with van der Waals surface area (Å²) in [6.07, 6.45) is 0. The first-order valence-corrected chi connectivity index (χ1v) is 11.4. The number of rotatable bonds is 2. The van der Waals surface area contributed by atoms with Crippen molar-refractivity contribution in [2.24, 2.45) is 0 Å². The Labute approximate surface area is 233 Å². The van der Waals surface area contributed by atoms with E-state index in [0.717, 1.165) is 6.07 Å². The van der Waals surface area contributed by atoms with Crippen LogP contribution in [0.4, 0.5) is 8.78 Å². The Morgan fingerprint density at radius 3 is 1.65 bits per heavy atom. The number of hydrogen-bond acceptors (Lipinski definition) is 6. The van der Waals surface area contributed by atoms with Gasteiger partial charge < -0.3 is 40.4 Å². The number of benzene rings is 4. The maximum absolute atomic E-state index is 13.7. The molecule has 0 radical (unpaired) electrons. The van der Waals surface area contributed by atoms with Crippen LogP contribution in [0.2, 0.25) is 10.0 Å². The molecule has 0 unspecified atom stereocenters. The van der Waals surface area contributed by atoms with Crippen LogP contribution in [0.15, 0.2) is 77.3 Å². The minimum absolute atomic E-state index is 0. The molecule has 0 aliphatic carbocycles. The summed E-state index contributed by atoms with van der Waals surface area (Å²) in [4.78, 5) is 0. The zero-order chi connectivity index (χ0) is 27.0. The highest BCUT2D eigenvalue weighted by Crippen LogP contribution is 2.35. The Kier molecular flexibility index (Phi) is 13.1. The molecule has 0 aliphatic rings. The molecule has 6 nitrogen and oxygen atoms in total. The summed E-state index contributed by atoms with van der Waals surface area (Å²) in [6.45, 7) is 0. The minimum atomic E-state index is -1.81. The second kappa shape index (κ2) is 15.0. The first-order valence-electron chi connectivity index (χ1n) is 9.86. The third-order valence-electron chi connectivity index (χ3n) is 4.41. The maximum Gasteiger partial charge on any atom is 0.491 e. The molecule has 13 heteroatoms. The van der Waals surface area contributed by atoms with Gasteiger partial charge in [-0.3, -0.25) is 0 Å². The smallest absolute Gasteiger partial charge is 0.491 e. The molecule has 0 fully saturated rings. The fourth-order valence-corrected chi connectivity index (χ4v) is 3.28. The molecule has 0 aliphatic heterocycles. The molecular formula is C24H20BBrCl2F2O6P-.